The predicted molar refractivity (Wildman–Crippen MR) is 76.2 cm³/mol. The quantitative estimate of drug-likeness (QED) is 0.763. The van der Waals surface area contributed by atoms with E-state index in [9.17, 15) is 0 Å². The summed E-state index contributed by atoms with van der Waals surface area (Å²) in [6.45, 7) is 3.16. The molecule has 1 aromatic carbocycles. The highest BCUT2D eigenvalue weighted by Gasteiger charge is 2.21. The van der Waals surface area contributed by atoms with Crippen LogP contribution in [-0.4, -0.2) is 9.55 Å². The molecule has 0 atom stereocenters. The lowest BCUT2D eigenvalue weighted by Gasteiger charge is -2.21. The molecule has 1 aromatic heterocycles. The Morgan fingerprint density at radius 3 is 2.78 bits per heavy atom. The lowest BCUT2D eigenvalue weighted by atomic mass is 9.88. The first-order valence-corrected chi connectivity index (χ1v) is 7.33. The predicted octanol–water partition coefficient (Wildman–Crippen LogP) is 4.76. The van der Waals surface area contributed by atoms with Gasteiger partial charge in [-0.2, -0.15) is 0 Å². The third kappa shape index (κ3) is 2.03. The minimum absolute atomic E-state index is 0.643. The number of imidazole rings is 1. The SMILES string of the molecule is CCn1c(C2CCCCC2)nc2ccc(Cl)cc21. The number of aryl methyl sites for hydroxylation is 1. The van der Waals surface area contributed by atoms with Gasteiger partial charge >= 0.3 is 0 Å². The van der Waals surface area contributed by atoms with Gasteiger partial charge in [0.1, 0.15) is 5.82 Å². The molecule has 0 N–H and O–H groups in total. The number of nitrogens with zero attached hydrogens (tertiary/aromatic N) is 2. The van der Waals surface area contributed by atoms with Gasteiger partial charge in [0.2, 0.25) is 0 Å². The second kappa shape index (κ2) is 4.93. The van der Waals surface area contributed by atoms with E-state index in [0.717, 1.165) is 17.1 Å². The van der Waals surface area contributed by atoms with Crippen LogP contribution in [0.4, 0.5) is 0 Å². The van der Waals surface area contributed by atoms with Crippen LogP contribution >= 0.6 is 11.6 Å². The molecule has 2 nitrogen and oxygen atoms in total. The molecule has 0 aliphatic heterocycles. The lowest BCUT2D eigenvalue weighted by molar-refractivity contribution is 0.419. The van der Waals surface area contributed by atoms with Crippen molar-refractivity contribution in [2.45, 2.75) is 51.5 Å². The molecule has 0 spiro atoms. The molecule has 3 rings (SSSR count). The lowest BCUT2D eigenvalue weighted by Crippen LogP contribution is -2.11. The fourth-order valence-electron chi connectivity index (χ4n) is 3.12. The molecule has 18 heavy (non-hydrogen) atoms. The standard InChI is InChI=1S/C15H19ClN2/c1-2-18-14-10-12(16)8-9-13(14)17-15(18)11-6-4-3-5-7-11/h8-11H,2-7H2,1H3. The minimum Gasteiger partial charge on any atom is -0.328 e. The molecule has 0 amide bonds. The fourth-order valence-corrected chi connectivity index (χ4v) is 3.29. The third-order valence-electron chi connectivity index (χ3n) is 4.03. The molecule has 3 heteroatoms. The Kier molecular flexibility index (Phi) is 3.29. The van der Waals surface area contributed by atoms with E-state index in [1.54, 1.807) is 0 Å². The van der Waals surface area contributed by atoms with Crippen molar-refractivity contribution < 1.29 is 0 Å². The molecule has 1 fully saturated rings. The maximum Gasteiger partial charge on any atom is 0.112 e. The Morgan fingerprint density at radius 2 is 2.06 bits per heavy atom. The van der Waals surface area contributed by atoms with Gasteiger partial charge in [0.25, 0.3) is 0 Å². The van der Waals surface area contributed by atoms with Crippen LogP contribution in [-0.2, 0) is 6.54 Å². The number of halogens is 1. The maximum absolute atomic E-state index is 6.10. The van der Waals surface area contributed by atoms with E-state index in [2.05, 4.69) is 11.5 Å². The Bertz CT molecular complexity index is 553. The van der Waals surface area contributed by atoms with Gasteiger partial charge in [0.15, 0.2) is 0 Å². The van der Waals surface area contributed by atoms with Crippen LogP contribution in [0.5, 0.6) is 0 Å². The monoisotopic (exact) mass is 262 g/mol. The van der Waals surface area contributed by atoms with Crippen LogP contribution in [0, 0.1) is 0 Å². The van der Waals surface area contributed by atoms with E-state index >= 15 is 0 Å². The smallest absolute Gasteiger partial charge is 0.112 e. The maximum atomic E-state index is 6.10. The van der Waals surface area contributed by atoms with Crippen LogP contribution in [0.15, 0.2) is 18.2 Å². The topological polar surface area (TPSA) is 17.8 Å². The largest absolute Gasteiger partial charge is 0.328 e. The van der Waals surface area contributed by atoms with E-state index in [1.165, 1.54) is 43.4 Å². The molecule has 1 saturated carbocycles. The molecule has 2 aromatic rings. The molecule has 1 aliphatic carbocycles. The average Bonchev–Trinajstić information content (AvgIpc) is 2.77. The first-order valence-electron chi connectivity index (χ1n) is 6.95. The fraction of sp³-hybridized carbons (Fsp3) is 0.533. The van der Waals surface area contributed by atoms with Crippen LogP contribution < -0.4 is 0 Å². The van der Waals surface area contributed by atoms with Gasteiger partial charge in [-0.15, -0.1) is 0 Å². The van der Waals surface area contributed by atoms with Crippen molar-refractivity contribution in [2.75, 3.05) is 0 Å². The number of aromatic nitrogens is 2. The Hall–Kier alpha value is -1.02. The summed E-state index contributed by atoms with van der Waals surface area (Å²) in [4.78, 5) is 4.85. The Labute approximate surface area is 113 Å². The summed E-state index contributed by atoms with van der Waals surface area (Å²) in [6, 6.07) is 6.01. The minimum atomic E-state index is 0.643. The van der Waals surface area contributed by atoms with Crippen LogP contribution in [0.3, 0.4) is 0 Å². The number of fused-ring (bicyclic) bond motifs is 1. The zero-order valence-electron chi connectivity index (χ0n) is 10.8. The Morgan fingerprint density at radius 1 is 1.28 bits per heavy atom. The Balaban J connectivity index is 2.10. The van der Waals surface area contributed by atoms with Crippen LogP contribution in [0.2, 0.25) is 5.02 Å². The van der Waals surface area contributed by atoms with Crippen molar-refractivity contribution in [3.8, 4) is 0 Å². The molecule has 1 heterocycles. The van der Waals surface area contributed by atoms with E-state index in [0.29, 0.717) is 5.92 Å². The van der Waals surface area contributed by atoms with Crippen molar-refractivity contribution in [3.63, 3.8) is 0 Å². The van der Waals surface area contributed by atoms with Gasteiger partial charge in [-0.25, -0.2) is 4.98 Å². The summed E-state index contributed by atoms with van der Waals surface area (Å²) < 4.78 is 2.34. The number of rotatable bonds is 2. The summed E-state index contributed by atoms with van der Waals surface area (Å²) in [5, 5.41) is 0.798. The van der Waals surface area contributed by atoms with Gasteiger partial charge in [0.05, 0.1) is 11.0 Å². The molecule has 0 bridgehead atoms. The van der Waals surface area contributed by atoms with E-state index < -0.39 is 0 Å². The normalized spacial score (nSPS) is 17.4. The van der Waals surface area contributed by atoms with Crippen molar-refractivity contribution in [1.82, 2.24) is 9.55 Å². The van der Waals surface area contributed by atoms with Gasteiger partial charge in [-0.3, -0.25) is 0 Å². The molecule has 0 radical (unpaired) electrons. The summed E-state index contributed by atoms with van der Waals surface area (Å²) in [7, 11) is 0. The number of hydrogen-bond acceptors (Lipinski definition) is 1. The second-order valence-electron chi connectivity index (χ2n) is 5.18. The molecule has 1 aliphatic rings. The third-order valence-corrected chi connectivity index (χ3v) is 4.26. The van der Waals surface area contributed by atoms with Gasteiger partial charge in [-0.1, -0.05) is 30.9 Å². The number of hydrogen-bond donors (Lipinski definition) is 0. The van der Waals surface area contributed by atoms with Gasteiger partial charge < -0.3 is 4.57 Å². The zero-order valence-corrected chi connectivity index (χ0v) is 11.6. The first kappa shape index (κ1) is 12.0. The summed E-state index contributed by atoms with van der Waals surface area (Å²) in [6.07, 6.45) is 6.65. The van der Waals surface area contributed by atoms with Gasteiger partial charge in [0, 0.05) is 17.5 Å². The van der Waals surface area contributed by atoms with Crippen molar-refractivity contribution in [3.05, 3.63) is 29.0 Å². The highest BCUT2D eigenvalue weighted by atomic mass is 35.5. The highest BCUT2D eigenvalue weighted by molar-refractivity contribution is 6.31. The molecular weight excluding hydrogens is 244 g/mol. The first-order chi connectivity index (χ1) is 8.79. The van der Waals surface area contributed by atoms with E-state index in [4.69, 9.17) is 16.6 Å². The molecular formula is C15H19ClN2. The van der Waals surface area contributed by atoms with E-state index in [-0.39, 0.29) is 0 Å². The molecule has 96 valence electrons. The van der Waals surface area contributed by atoms with Crippen LogP contribution in [0.1, 0.15) is 50.8 Å². The van der Waals surface area contributed by atoms with E-state index in [1.807, 2.05) is 18.2 Å². The molecule has 0 unspecified atom stereocenters. The summed E-state index contributed by atoms with van der Waals surface area (Å²) >= 11 is 6.10. The summed E-state index contributed by atoms with van der Waals surface area (Å²) in [5.41, 5.74) is 2.27. The zero-order chi connectivity index (χ0) is 12.5. The van der Waals surface area contributed by atoms with Gasteiger partial charge in [-0.05, 0) is 38.0 Å². The number of benzene rings is 1. The second-order valence-corrected chi connectivity index (χ2v) is 5.62. The van der Waals surface area contributed by atoms with Crippen molar-refractivity contribution >= 4 is 22.6 Å². The van der Waals surface area contributed by atoms with Crippen molar-refractivity contribution in [1.29, 1.82) is 0 Å². The highest BCUT2D eigenvalue weighted by Crippen LogP contribution is 2.34. The average molecular weight is 263 g/mol. The molecule has 0 saturated heterocycles. The summed E-state index contributed by atoms with van der Waals surface area (Å²) in [5.74, 6) is 1.92. The van der Waals surface area contributed by atoms with Crippen molar-refractivity contribution in [2.24, 2.45) is 0 Å². The van der Waals surface area contributed by atoms with Crippen LogP contribution in [0.25, 0.3) is 11.0 Å².